The molecule has 0 aliphatic heterocycles. The summed E-state index contributed by atoms with van der Waals surface area (Å²) >= 11 is 0. The van der Waals surface area contributed by atoms with Crippen molar-refractivity contribution in [3.63, 3.8) is 0 Å². The average molecular weight is 355 g/mol. The molecule has 0 aromatic heterocycles. The van der Waals surface area contributed by atoms with Crippen LogP contribution >= 0.6 is 0 Å². The molecular weight excluding hydrogens is 330 g/mol. The summed E-state index contributed by atoms with van der Waals surface area (Å²) in [5.41, 5.74) is 0.243. The zero-order valence-electron chi connectivity index (χ0n) is 14.1. The highest BCUT2D eigenvalue weighted by Crippen LogP contribution is 2.14. The van der Waals surface area contributed by atoms with Crippen molar-refractivity contribution < 1.29 is 23.1 Å². The first-order chi connectivity index (χ1) is 11.3. The predicted molar refractivity (Wildman–Crippen MR) is 91.8 cm³/mol. The fraction of sp³-hybridized carbons (Fsp3) is 0.529. The summed E-state index contributed by atoms with van der Waals surface area (Å²) in [6.45, 7) is 3.86. The lowest BCUT2D eigenvalue weighted by Crippen LogP contribution is -2.40. The van der Waals surface area contributed by atoms with E-state index in [1.807, 2.05) is 13.8 Å². The second kappa shape index (κ2) is 9.42. The molecule has 0 bridgehead atoms. The molecule has 0 radical (unpaired) electrons. The van der Waals surface area contributed by atoms with E-state index in [1.165, 1.54) is 24.3 Å². The smallest absolute Gasteiger partial charge is 0.326 e. The Morgan fingerprint density at radius 1 is 1.08 bits per heavy atom. The Balaban J connectivity index is 2.81. The number of sulfone groups is 1. The van der Waals surface area contributed by atoms with Gasteiger partial charge in [-0.25, -0.2) is 13.2 Å². The van der Waals surface area contributed by atoms with E-state index in [1.54, 1.807) is 0 Å². The quantitative estimate of drug-likeness (QED) is 0.672. The molecule has 1 aromatic rings. The standard InChI is InChI=1S/C17H25NO5S/c1-3-5-7-15(17(20)21)18-16(19)13-8-10-14(11-9-13)24(22,23)12-6-4-2/h8-11,15H,3-7,12H2,1-2H3,(H,18,19)(H,20,21). The van der Waals surface area contributed by atoms with Gasteiger partial charge in [0.15, 0.2) is 9.84 Å². The molecule has 0 spiro atoms. The Bertz CT molecular complexity index is 652. The van der Waals surface area contributed by atoms with E-state index in [0.29, 0.717) is 19.3 Å². The van der Waals surface area contributed by atoms with Crippen molar-refractivity contribution in [1.82, 2.24) is 5.32 Å². The number of nitrogens with one attached hydrogen (secondary N) is 1. The number of benzene rings is 1. The van der Waals surface area contributed by atoms with E-state index in [4.69, 9.17) is 5.11 Å². The minimum absolute atomic E-state index is 0.0765. The second-order valence-corrected chi connectivity index (χ2v) is 7.81. The fourth-order valence-electron chi connectivity index (χ4n) is 2.17. The van der Waals surface area contributed by atoms with E-state index in [0.717, 1.165) is 12.8 Å². The first-order valence-electron chi connectivity index (χ1n) is 8.18. The first kappa shape index (κ1) is 20.2. The Labute approximate surface area is 143 Å². The Hall–Kier alpha value is -1.89. The predicted octanol–water partition coefficient (Wildman–Crippen LogP) is 2.63. The van der Waals surface area contributed by atoms with Gasteiger partial charge in [0.05, 0.1) is 10.6 Å². The Kier molecular flexibility index (Phi) is 7.91. The van der Waals surface area contributed by atoms with Crippen molar-refractivity contribution in [2.24, 2.45) is 0 Å². The maximum absolute atomic E-state index is 12.1. The number of carboxylic acid groups (broad SMARTS) is 1. The maximum atomic E-state index is 12.1. The molecule has 1 unspecified atom stereocenters. The molecule has 1 atom stereocenters. The van der Waals surface area contributed by atoms with Crippen LogP contribution in [0.1, 0.15) is 56.3 Å². The molecule has 0 aliphatic carbocycles. The van der Waals surface area contributed by atoms with Crippen LogP contribution in [0.5, 0.6) is 0 Å². The van der Waals surface area contributed by atoms with Gasteiger partial charge in [-0.1, -0.05) is 33.1 Å². The van der Waals surface area contributed by atoms with E-state index in [2.05, 4.69) is 5.32 Å². The van der Waals surface area contributed by atoms with Crippen LogP contribution < -0.4 is 5.32 Å². The molecule has 2 N–H and O–H groups in total. The van der Waals surface area contributed by atoms with Gasteiger partial charge in [-0.05, 0) is 37.1 Å². The minimum atomic E-state index is -3.34. The van der Waals surface area contributed by atoms with Crippen LogP contribution in [-0.4, -0.2) is 37.2 Å². The Morgan fingerprint density at radius 2 is 1.67 bits per heavy atom. The topological polar surface area (TPSA) is 101 Å². The number of carboxylic acids is 1. The van der Waals surface area contributed by atoms with Gasteiger partial charge in [0.25, 0.3) is 5.91 Å². The number of rotatable bonds is 10. The molecule has 1 amide bonds. The lowest BCUT2D eigenvalue weighted by molar-refractivity contribution is -0.139. The van der Waals surface area contributed by atoms with Crippen LogP contribution in [0, 0.1) is 0 Å². The second-order valence-electron chi connectivity index (χ2n) is 5.70. The fourth-order valence-corrected chi connectivity index (χ4v) is 3.63. The number of hydrogen-bond donors (Lipinski definition) is 2. The van der Waals surface area contributed by atoms with E-state index >= 15 is 0 Å². The van der Waals surface area contributed by atoms with Crippen molar-refractivity contribution >= 4 is 21.7 Å². The van der Waals surface area contributed by atoms with Gasteiger partial charge in [0, 0.05) is 5.56 Å². The van der Waals surface area contributed by atoms with Crippen LogP contribution in [0.3, 0.4) is 0 Å². The van der Waals surface area contributed by atoms with Gasteiger partial charge in [-0.3, -0.25) is 4.79 Å². The molecule has 7 heteroatoms. The molecule has 0 aliphatic rings. The monoisotopic (exact) mass is 355 g/mol. The molecule has 6 nitrogen and oxygen atoms in total. The van der Waals surface area contributed by atoms with Crippen molar-refractivity contribution in [3.8, 4) is 0 Å². The maximum Gasteiger partial charge on any atom is 0.326 e. The van der Waals surface area contributed by atoms with Gasteiger partial charge >= 0.3 is 5.97 Å². The van der Waals surface area contributed by atoms with Crippen LogP contribution in [0.15, 0.2) is 29.2 Å². The Morgan fingerprint density at radius 3 is 2.17 bits per heavy atom. The number of aliphatic carboxylic acids is 1. The molecule has 134 valence electrons. The zero-order valence-corrected chi connectivity index (χ0v) is 14.9. The third-order valence-corrected chi connectivity index (χ3v) is 5.51. The molecule has 1 rings (SSSR count). The number of hydrogen-bond acceptors (Lipinski definition) is 4. The highest BCUT2D eigenvalue weighted by Gasteiger charge is 2.20. The van der Waals surface area contributed by atoms with Crippen LogP contribution in [0.4, 0.5) is 0 Å². The third kappa shape index (κ3) is 5.96. The molecule has 0 fully saturated rings. The summed E-state index contributed by atoms with van der Waals surface area (Å²) in [4.78, 5) is 23.5. The summed E-state index contributed by atoms with van der Waals surface area (Å²) in [7, 11) is -3.34. The molecule has 0 saturated heterocycles. The minimum Gasteiger partial charge on any atom is -0.480 e. The average Bonchev–Trinajstić information content (AvgIpc) is 2.56. The number of unbranched alkanes of at least 4 members (excludes halogenated alkanes) is 2. The molecule has 0 saturated carbocycles. The van der Waals surface area contributed by atoms with Crippen LogP contribution in [0.25, 0.3) is 0 Å². The van der Waals surface area contributed by atoms with Gasteiger partial charge < -0.3 is 10.4 Å². The number of amides is 1. The summed E-state index contributed by atoms with van der Waals surface area (Å²) in [6.07, 6.45) is 3.27. The lowest BCUT2D eigenvalue weighted by Gasteiger charge is -2.14. The van der Waals surface area contributed by atoms with Gasteiger partial charge in [0.1, 0.15) is 6.04 Å². The van der Waals surface area contributed by atoms with Gasteiger partial charge in [0.2, 0.25) is 0 Å². The van der Waals surface area contributed by atoms with Crippen molar-refractivity contribution in [2.45, 2.75) is 56.9 Å². The first-order valence-corrected chi connectivity index (χ1v) is 9.83. The van der Waals surface area contributed by atoms with Crippen LogP contribution in [-0.2, 0) is 14.6 Å². The van der Waals surface area contributed by atoms with Crippen molar-refractivity contribution in [2.75, 3.05) is 5.75 Å². The van der Waals surface area contributed by atoms with E-state index in [9.17, 15) is 18.0 Å². The van der Waals surface area contributed by atoms with Gasteiger partial charge in [-0.2, -0.15) is 0 Å². The molecule has 24 heavy (non-hydrogen) atoms. The van der Waals surface area contributed by atoms with Crippen LogP contribution in [0.2, 0.25) is 0 Å². The normalized spacial score (nSPS) is 12.6. The third-order valence-electron chi connectivity index (χ3n) is 3.69. The summed E-state index contributed by atoms with van der Waals surface area (Å²) < 4.78 is 24.2. The number of carbonyl (C=O) groups is 2. The van der Waals surface area contributed by atoms with Crippen molar-refractivity contribution in [1.29, 1.82) is 0 Å². The summed E-state index contributed by atoms with van der Waals surface area (Å²) in [6, 6.07) is 4.66. The lowest BCUT2D eigenvalue weighted by atomic mass is 10.1. The summed E-state index contributed by atoms with van der Waals surface area (Å²) in [5.74, 6) is -1.51. The SMILES string of the molecule is CCCCC(NC(=O)c1ccc(S(=O)(=O)CCCC)cc1)C(=O)O. The highest BCUT2D eigenvalue weighted by atomic mass is 32.2. The molecule has 0 heterocycles. The highest BCUT2D eigenvalue weighted by molar-refractivity contribution is 7.91. The largest absolute Gasteiger partial charge is 0.480 e. The number of carbonyl (C=O) groups excluding carboxylic acids is 1. The van der Waals surface area contributed by atoms with Crippen molar-refractivity contribution in [3.05, 3.63) is 29.8 Å². The van der Waals surface area contributed by atoms with E-state index in [-0.39, 0.29) is 16.2 Å². The molecular formula is C17H25NO5S. The molecule has 1 aromatic carbocycles. The van der Waals surface area contributed by atoms with Gasteiger partial charge in [-0.15, -0.1) is 0 Å². The summed E-state index contributed by atoms with van der Waals surface area (Å²) in [5, 5.41) is 11.6. The zero-order chi connectivity index (χ0) is 18.2. The van der Waals surface area contributed by atoms with E-state index < -0.39 is 27.8 Å².